The highest BCUT2D eigenvalue weighted by molar-refractivity contribution is 6.31. The Bertz CT molecular complexity index is 320. The average Bonchev–Trinajstić information content (AvgIpc) is 2.14. The first-order chi connectivity index (χ1) is 6.76. The minimum Gasteiger partial charge on any atom is -0.396 e. The minimum atomic E-state index is -0.00894. The molecule has 14 heavy (non-hydrogen) atoms. The third-order valence-corrected chi connectivity index (χ3v) is 3.10. The molecular formula is C10H13ClN2O. The quantitative estimate of drug-likeness (QED) is 0.781. The van der Waals surface area contributed by atoms with Gasteiger partial charge in [0, 0.05) is 30.9 Å². The molecule has 0 saturated carbocycles. The Hall–Kier alpha value is -0.640. The molecule has 1 aliphatic rings. The summed E-state index contributed by atoms with van der Waals surface area (Å²) in [6.45, 7) is 1.93. The number of aromatic nitrogens is 1. The van der Waals surface area contributed by atoms with Gasteiger partial charge in [-0.15, -0.1) is 0 Å². The maximum absolute atomic E-state index is 9.29. The number of hydrogen-bond donors (Lipinski definition) is 2. The third-order valence-electron chi connectivity index (χ3n) is 2.76. The van der Waals surface area contributed by atoms with Gasteiger partial charge in [0.1, 0.15) is 0 Å². The lowest BCUT2D eigenvalue weighted by atomic mass is 9.77. The van der Waals surface area contributed by atoms with Crippen molar-refractivity contribution < 1.29 is 5.11 Å². The number of halogens is 1. The van der Waals surface area contributed by atoms with Crippen molar-refractivity contribution in [3.05, 3.63) is 29.0 Å². The van der Waals surface area contributed by atoms with Crippen LogP contribution in [-0.4, -0.2) is 29.8 Å². The van der Waals surface area contributed by atoms with Crippen LogP contribution in [0.15, 0.2) is 18.5 Å². The first kappa shape index (κ1) is 9.90. The fraction of sp³-hybridized carbons (Fsp3) is 0.500. The van der Waals surface area contributed by atoms with Crippen LogP contribution < -0.4 is 5.32 Å². The van der Waals surface area contributed by atoms with E-state index in [1.165, 1.54) is 0 Å². The van der Waals surface area contributed by atoms with E-state index in [1.54, 1.807) is 12.4 Å². The summed E-state index contributed by atoms with van der Waals surface area (Å²) in [5, 5.41) is 13.2. The number of nitrogens with one attached hydrogen (secondary N) is 1. The van der Waals surface area contributed by atoms with Gasteiger partial charge in [-0.3, -0.25) is 4.98 Å². The van der Waals surface area contributed by atoms with Crippen LogP contribution in [0, 0.1) is 5.41 Å². The van der Waals surface area contributed by atoms with Gasteiger partial charge < -0.3 is 10.4 Å². The molecule has 0 unspecified atom stereocenters. The molecule has 2 heterocycles. The fourth-order valence-electron chi connectivity index (χ4n) is 1.72. The molecule has 4 heteroatoms. The molecule has 2 N–H and O–H groups in total. The molecule has 2 rings (SSSR count). The lowest BCUT2D eigenvalue weighted by Crippen LogP contribution is -2.56. The number of hydrogen-bond acceptors (Lipinski definition) is 3. The van der Waals surface area contributed by atoms with Gasteiger partial charge in [-0.1, -0.05) is 11.6 Å². The first-order valence-corrected chi connectivity index (χ1v) is 5.04. The zero-order valence-electron chi connectivity index (χ0n) is 7.83. The molecule has 1 fully saturated rings. The molecule has 0 bridgehead atoms. The lowest BCUT2D eigenvalue weighted by Gasteiger charge is -2.41. The van der Waals surface area contributed by atoms with Crippen molar-refractivity contribution in [2.75, 3.05) is 19.7 Å². The van der Waals surface area contributed by atoms with Crippen LogP contribution in [0.3, 0.4) is 0 Å². The van der Waals surface area contributed by atoms with E-state index in [2.05, 4.69) is 10.3 Å². The van der Waals surface area contributed by atoms with Crippen LogP contribution >= 0.6 is 11.6 Å². The lowest BCUT2D eigenvalue weighted by molar-refractivity contribution is 0.0687. The molecule has 0 aliphatic carbocycles. The predicted octanol–water partition coefficient (Wildman–Crippen LogP) is 0.859. The second-order valence-corrected chi connectivity index (χ2v) is 4.31. The molecule has 0 amide bonds. The van der Waals surface area contributed by atoms with E-state index in [-0.39, 0.29) is 12.0 Å². The van der Waals surface area contributed by atoms with Gasteiger partial charge in [0.05, 0.1) is 11.6 Å². The van der Waals surface area contributed by atoms with Crippen molar-refractivity contribution in [2.24, 2.45) is 5.41 Å². The molecule has 1 saturated heterocycles. The van der Waals surface area contributed by atoms with Crippen molar-refractivity contribution in [3.8, 4) is 0 Å². The standard InChI is InChI=1S/C10H13ClN2O/c11-9-4-12-2-1-8(9)3-10(7-14)5-13-6-10/h1-2,4,13-14H,3,5-7H2. The van der Waals surface area contributed by atoms with Gasteiger partial charge in [-0.2, -0.15) is 0 Å². The highest BCUT2D eigenvalue weighted by atomic mass is 35.5. The summed E-state index contributed by atoms with van der Waals surface area (Å²) in [4.78, 5) is 3.93. The Kier molecular flexibility index (Phi) is 2.72. The summed E-state index contributed by atoms with van der Waals surface area (Å²) in [5.74, 6) is 0. The molecule has 76 valence electrons. The molecule has 1 aliphatic heterocycles. The monoisotopic (exact) mass is 212 g/mol. The number of pyridine rings is 1. The van der Waals surface area contributed by atoms with Gasteiger partial charge in [-0.25, -0.2) is 0 Å². The van der Waals surface area contributed by atoms with Crippen LogP contribution in [0.5, 0.6) is 0 Å². The van der Waals surface area contributed by atoms with Gasteiger partial charge in [0.25, 0.3) is 0 Å². The Labute approximate surface area is 88.1 Å². The molecule has 1 aromatic heterocycles. The van der Waals surface area contributed by atoms with Crippen LogP contribution in [0.1, 0.15) is 5.56 Å². The maximum atomic E-state index is 9.29. The Morgan fingerprint density at radius 1 is 1.57 bits per heavy atom. The first-order valence-electron chi connectivity index (χ1n) is 4.66. The van der Waals surface area contributed by atoms with Gasteiger partial charge in [-0.05, 0) is 18.1 Å². The van der Waals surface area contributed by atoms with Gasteiger partial charge in [0.2, 0.25) is 0 Å². The second-order valence-electron chi connectivity index (χ2n) is 3.91. The van der Waals surface area contributed by atoms with E-state index >= 15 is 0 Å². The molecule has 3 nitrogen and oxygen atoms in total. The Morgan fingerprint density at radius 3 is 2.86 bits per heavy atom. The van der Waals surface area contributed by atoms with E-state index in [4.69, 9.17) is 11.6 Å². The van der Waals surface area contributed by atoms with Crippen molar-refractivity contribution >= 4 is 11.6 Å². The summed E-state index contributed by atoms with van der Waals surface area (Å²) in [7, 11) is 0. The summed E-state index contributed by atoms with van der Waals surface area (Å²) >= 11 is 6.00. The summed E-state index contributed by atoms with van der Waals surface area (Å²) in [6, 6.07) is 1.91. The molecule has 0 atom stereocenters. The normalized spacial score (nSPS) is 19.0. The molecule has 0 radical (unpaired) electrons. The maximum Gasteiger partial charge on any atom is 0.0621 e. The van der Waals surface area contributed by atoms with Crippen molar-refractivity contribution in [2.45, 2.75) is 6.42 Å². The second kappa shape index (κ2) is 3.85. The molecular weight excluding hydrogens is 200 g/mol. The third kappa shape index (κ3) is 1.75. The topological polar surface area (TPSA) is 45.2 Å². The zero-order valence-corrected chi connectivity index (χ0v) is 8.59. The van der Waals surface area contributed by atoms with Crippen LogP contribution in [0.25, 0.3) is 0 Å². The van der Waals surface area contributed by atoms with E-state index in [9.17, 15) is 5.11 Å². The van der Waals surface area contributed by atoms with E-state index in [1.807, 2.05) is 6.07 Å². The van der Waals surface area contributed by atoms with E-state index < -0.39 is 0 Å². The Balaban J connectivity index is 2.13. The number of nitrogens with zero attached hydrogens (tertiary/aromatic N) is 1. The smallest absolute Gasteiger partial charge is 0.0621 e. The van der Waals surface area contributed by atoms with Crippen molar-refractivity contribution in [3.63, 3.8) is 0 Å². The summed E-state index contributed by atoms with van der Waals surface area (Å²) in [6.07, 6.45) is 4.20. The number of aliphatic hydroxyl groups is 1. The van der Waals surface area contributed by atoms with Crippen molar-refractivity contribution in [1.82, 2.24) is 10.3 Å². The van der Waals surface area contributed by atoms with Crippen molar-refractivity contribution in [1.29, 1.82) is 0 Å². The highest BCUT2D eigenvalue weighted by Crippen LogP contribution is 2.29. The SMILES string of the molecule is OCC1(Cc2ccncc2Cl)CNC1. The highest BCUT2D eigenvalue weighted by Gasteiger charge is 2.36. The predicted molar refractivity (Wildman–Crippen MR) is 55.3 cm³/mol. The Morgan fingerprint density at radius 2 is 2.36 bits per heavy atom. The number of rotatable bonds is 3. The van der Waals surface area contributed by atoms with Crippen LogP contribution in [0.2, 0.25) is 5.02 Å². The number of aliphatic hydroxyl groups excluding tert-OH is 1. The summed E-state index contributed by atoms with van der Waals surface area (Å²) < 4.78 is 0. The van der Waals surface area contributed by atoms with Gasteiger partial charge >= 0.3 is 0 Å². The minimum absolute atomic E-state index is 0.00894. The average molecular weight is 213 g/mol. The molecule has 0 aromatic carbocycles. The van der Waals surface area contributed by atoms with E-state index in [0.29, 0.717) is 5.02 Å². The zero-order chi connectivity index (χ0) is 10.0. The van der Waals surface area contributed by atoms with E-state index in [0.717, 1.165) is 25.1 Å². The fourth-order valence-corrected chi connectivity index (χ4v) is 1.91. The van der Waals surface area contributed by atoms with Gasteiger partial charge in [0.15, 0.2) is 0 Å². The summed E-state index contributed by atoms with van der Waals surface area (Å²) in [5.41, 5.74) is 1.06. The van der Waals surface area contributed by atoms with Crippen LogP contribution in [0.4, 0.5) is 0 Å². The van der Waals surface area contributed by atoms with Crippen LogP contribution in [-0.2, 0) is 6.42 Å². The largest absolute Gasteiger partial charge is 0.396 e. The molecule has 1 aromatic rings. The molecule has 0 spiro atoms.